The van der Waals surface area contributed by atoms with E-state index in [0.717, 1.165) is 5.56 Å². The lowest BCUT2D eigenvalue weighted by Gasteiger charge is -2.21. The molecule has 0 saturated heterocycles. The highest BCUT2D eigenvalue weighted by Crippen LogP contribution is 2.40. The minimum Gasteiger partial charge on any atom is -0.497 e. The molecule has 0 spiro atoms. The summed E-state index contributed by atoms with van der Waals surface area (Å²) >= 11 is 0. The van der Waals surface area contributed by atoms with Crippen LogP contribution in [-0.2, 0) is 10.4 Å². The smallest absolute Gasteiger partial charge is 0.261 e. The van der Waals surface area contributed by atoms with Crippen molar-refractivity contribution in [1.29, 1.82) is 0 Å². The van der Waals surface area contributed by atoms with E-state index in [1.807, 2.05) is 13.0 Å². The van der Waals surface area contributed by atoms with Crippen molar-refractivity contribution in [2.45, 2.75) is 18.9 Å². The number of amides is 1. The molecule has 0 unspecified atom stereocenters. The summed E-state index contributed by atoms with van der Waals surface area (Å²) in [6.07, 6.45) is -0.390. The number of hydrogen-bond donors (Lipinski definition) is 2. The van der Waals surface area contributed by atoms with Gasteiger partial charge in [-0.15, -0.1) is 0 Å². The second-order valence-electron chi connectivity index (χ2n) is 6.03. The van der Waals surface area contributed by atoms with Crippen molar-refractivity contribution in [3.8, 4) is 11.5 Å². The van der Waals surface area contributed by atoms with E-state index in [-0.39, 0.29) is 5.56 Å². The zero-order valence-corrected chi connectivity index (χ0v) is 14.3. The number of carbonyl (C=O) groups excluding carboxylic acids is 2. The molecule has 3 rings (SSSR count). The van der Waals surface area contributed by atoms with E-state index >= 15 is 0 Å². The van der Waals surface area contributed by atoms with Crippen molar-refractivity contribution in [1.82, 2.24) is 0 Å². The second-order valence-corrected chi connectivity index (χ2v) is 6.03. The van der Waals surface area contributed by atoms with Gasteiger partial charge in [0.2, 0.25) is 0 Å². The van der Waals surface area contributed by atoms with E-state index in [1.165, 1.54) is 20.3 Å². The molecule has 1 amide bonds. The van der Waals surface area contributed by atoms with Gasteiger partial charge in [0, 0.05) is 11.3 Å². The Kier molecular flexibility index (Phi) is 4.22. The van der Waals surface area contributed by atoms with Crippen LogP contribution in [0.5, 0.6) is 11.5 Å². The Balaban J connectivity index is 1.99. The molecule has 0 fully saturated rings. The average Bonchev–Trinajstić information content (AvgIpc) is 2.85. The lowest BCUT2D eigenvalue weighted by atomic mass is 9.87. The number of methoxy groups -OCH3 is 2. The van der Waals surface area contributed by atoms with Gasteiger partial charge in [0.05, 0.1) is 26.2 Å². The summed E-state index contributed by atoms with van der Waals surface area (Å²) in [5.41, 5.74) is 0.160. The zero-order valence-electron chi connectivity index (χ0n) is 14.3. The molecule has 0 aromatic heterocycles. The summed E-state index contributed by atoms with van der Waals surface area (Å²) in [5.74, 6) is -0.174. The van der Waals surface area contributed by atoms with Crippen molar-refractivity contribution in [3.05, 3.63) is 53.1 Å². The molecule has 1 aliphatic heterocycles. The fourth-order valence-corrected chi connectivity index (χ4v) is 2.99. The van der Waals surface area contributed by atoms with Crippen LogP contribution in [0.25, 0.3) is 0 Å². The minimum atomic E-state index is -1.91. The fourth-order valence-electron chi connectivity index (χ4n) is 2.99. The van der Waals surface area contributed by atoms with Gasteiger partial charge in [0.15, 0.2) is 11.4 Å². The minimum absolute atomic E-state index is 0.254. The number of rotatable bonds is 5. The van der Waals surface area contributed by atoms with Gasteiger partial charge in [-0.3, -0.25) is 9.59 Å². The Morgan fingerprint density at radius 3 is 2.60 bits per heavy atom. The number of aliphatic hydroxyl groups is 1. The molecule has 0 aliphatic carbocycles. The number of carbonyl (C=O) groups is 2. The van der Waals surface area contributed by atoms with Crippen molar-refractivity contribution in [3.63, 3.8) is 0 Å². The molecule has 2 aromatic carbocycles. The van der Waals surface area contributed by atoms with E-state index in [0.29, 0.717) is 22.7 Å². The van der Waals surface area contributed by atoms with Gasteiger partial charge in [-0.2, -0.15) is 0 Å². The quantitative estimate of drug-likeness (QED) is 0.816. The largest absolute Gasteiger partial charge is 0.497 e. The number of ketones is 1. The molecule has 0 radical (unpaired) electrons. The third-order valence-corrected chi connectivity index (χ3v) is 4.37. The summed E-state index contributed by atoms with van der Waals surface area (Å²) < 4.78 is 10.4. The topological polar surface area (TPSA) is 84.9 Å². The molecule has 0 bridgehead atoms. The summed E-state index contributed by atoms with van der Waals surface area (Å²) in [4.78, 5) is 25.2. The van der Waals surface area contributed by atoms with Crippen LogP contribution in [0.1, 0.15) is 27.9 Å². The molecule has 130 valence electrons. The van der Waals surface area contributed by atoms with Crippen LogP contribution in [0.4, 0.5) is 5.69 Å². The number of fused-ring (bicyclic) bond motifs is 1. The number of hydrogen-bond acceptors (Lipinski definition) is 5. The summed E-state index contributed by atoms with van der Waals surface area (Å²) in [6, 6.07) is 10.1. The molecule has 2 N–H and O–H groups in total. The third-order valence-electron chi connectivity index (χ3n) is 4.37. The third kappa shape index (κ3) is 2.85. The van der Waals surface area contributed by atoms with Crippen molar-refractivity contribution in [2.24, 2.45) is 0 Å². The number of nitrogens with one attached hydrogen (secondary N) is 1. The standard InChI is InChI=1S/C19H19NO5/c1-11-4-6-15-14(8-11)19(23,18(22)20-15)10-16(21)13-9-12(24-2)5-7-17(13)25-3/h4-9,23H,10H2,1-3H3,(H,20,22)/t19-/m1/s1. The fraction of sp³-hybridized carbons (Fsp3) is 0.263. The maximum absolute atomic E-state index is 12.8. The molecule has 25 heavy (non-hydrogen) atoms. The molecule has 1 heterocycles. The van der Waals surface area contributed by atoms with Gasteiger partial charge in [-0.05, 0) is 31.2 Å². The number of benzene rings is 2. The Bertz CT molecular complexity index is 861. The summed E-state index contributed by atoms with van der Waals surface area (Å²) in [5, 5.41) is 13.6. The summed E-state index contributed by atoms with van der Waals surface area (Å²) in [6.45, 7) is 1.86. The van der Waals surface area contributed by atoms with Crippen LogP contribution < -0.4 is 14.8 Å². The predicted octanol–water partition coefficient (Wildman–Crippen LogP) is 2.42. The average molecular weight is 341 g/mol. The SMILES string of the molecule is COc1ccc(OC)c(C(=O)C[C@]2(O)C(=O)Nc3ccc(C)cc32)c1. The first-order valence-corrected chi connectivity index (χ1v) is 7.79. The van der Waals surface area contributed by atoms with Crippen molar-refractivity contribution < 1.29 is 24.2 Å². The van der Waals surface area contributed by atoms with Gasteiger partial charge in [-0.25, -0.2) is 0 Å². The van der Waals surface area contributed by atoms with Crippen molar-refractivity contribution >= 4 is 17.4 Å². The first-order chi connectivity index (χ1) is 11.9. The van der Waals surface area contributed by atoms with E-state index in [1.54, 1.807) is 24.3 Å². The lowest BCUT2D eigenvalue weighted by molar-refractivity contribution is -0.133. The Hall–Kier alpha value is -2.86. The maximum Gasteiger partial charge on any atom is 0.261 e. The van der Waals surface area contributed by atoms with E-state index in [4.69, 9.17) is 9.47 Å². The predicted molar refractivity (Wildman–Crippen MR) is 92.2 cm³/mol. The molecule has 2 aromatic rings. The van der Waals surface area contributed by atoms with Crippen LogP contribution in [0.2, 0.25) is 0 Å². The molecule has 6 heteroatoms. The molecular formula is C19H19NO5. The van der Waals surface area contributed by atoms with Crippen LogP contribution in [0.15, 0.2) is 36.4 Å². The van der Waals surface area contributed by atoms with E-state index in [2.05, 4.69) is 5.32 Å². The van der Waals surface area contributed by atoms with Gasteiger partial charge in [0.25, 0.3) is 5.91 Å². The van der Waals surface area contributed by atoms with Gasteiger partial charge in [0.1, 0.15) is 11.5 Å². The molecule has 1 aliphatic rings. The second kappa shape index (κ2) is 6.22. The number of anilines is 1. The van der Waals surface area contributed by atoms with Gasteiger partial charge >= 0.3 is 0 Å². The monoisotopic (exact) mass is 341 g/mol. The highest BCUT2D eigenvalue weighted by atomic mass is 16.5. The Labute approximate surface area is 145 Å². The number of ether oxygens (including phenoxy) is 2. The zero-order chi connectivity index (χ0) is 18.2. The van der Waals surface area contributed by atoms with Crippen LogP contribution in [0.3, 0.4) is 0 Å². The highest BCUT2D eigenvalue weighted by molar-refractivity contribution is 6.10. The number of aryl methyl sites for hydroxylation is 1. The van der Waals surface area contributed by atoms with Crippen LogP contribution >= 0.6 is 0 Å². The van der Waals surface area contributed by atoms with Crippen LogP contribution in [0, 0.1) is 6.92 Å². The number of Topliss-reactive ketones (excluding diaryl/α,β-unsaturated/α-hetero) is 1. The van der Waals surface area contributed by atoms with Crippen molar-refractivity contribution in [2.75, 3.05) is 19.5 Å². The Morgan fingerprint density at radius 2 is 1.92 bits per heavy atom. The van der Waals surface area contributed by atoms with Gasteiger partial charge in [-0.1, -0.05) is 17.7 Å². The van der Waals surface area contributed by atoms with Gasteiger partial charge < -0.3 is 19.9 Å². The normalized spacial score (nSPS) is 18.5. The lowest BCUT2D eigenvalue weighted by Crippen LogP contribution is -2.36. The Morgan fingerprint density at radius 1 is 1.16 bits per heavy atom. The first-order valence-electron chi connectivity index (χ1n) is 7.79. The molecular weight excluding hydrogens is 322 g/mol. The molecule has 0 saturated carbocycles. The molecule has 1 atom stereocenters. The van der Waals surface area contributed by atoms with Crippen LogP contribution in [-0.4, -0.2) is 31.0 Å². The maximum atomic E-state index is 12.8. The summed E-state index contributed by atoms with van der Waals surface area (Å²) in [7, 11) is 2.95. The highest BCUT2D eigenvalue weighted by Gasteiger charge is 2.47. The first kappa shape index (κ1) is 17.0. The van der Waals surface area contributed by atoms with E-state index < -0.39 is 23.7 Å². The van der Waals surface area contributed by atoms with E-state index in [9.17, 15) is 14.7 Å². The molecule has 6 nitrogen and oxygen atoms in total.